The molecular formula is C15H20Cl2N2O5. The molecule has 134 valence electrons. The average molecular weight is 379 g/mol. The number of carbonyl (C=O) groups is 3. The van der Waals surface area contributed by atoms with Gasteiger partial charge in [0.25, 0.3) is 0 Å². The SMILES string of the molecule is CCOC(=O)C1=C(COC(=O)[C@]2(C)CC2(Cl)Cl)NC(=O)N[C@@H]1CC. The van der Waals surface area contributed by atoms with Crippen LogP contribution in [-0.4, -0.2) is 41.6 Å². The molecule has 2 atom stereocenters. The van der Waals surface area contributed by atoms with Gasteiger partial charge in [-0.3, -0.25) is 4.79 Å². The van der Waals surface area contributed by atoms with Gasteiger partial charge in [0, 0.05) is 6.42 Å². The van der Waals surface area contributed by atoms with E-state index in [0.717, 1.165) is 0 Å². The fraction of sp³-hybridized carbons (Fsp3) is 0.667. The highest BCUT2D eigenvalue weighted by Crippen LogP contribution is 2.64. The molecule has 0 saturated heterocycles. The molecule has 0 unspecified atom stereocenters. The zero-order valence-electron chi connectivity index (χ0n) is 13.7. The molecule has 0 aromatic carbocycles. The van der Waals surface area contributed by atoms with Crippen molar-refractivity contribution in [3.05, 3.63) is 11.3 Å². The lowest BCUT2D eigenvalue weighted by Crippen LogP contribution is -2.51. The Kier molecular flexibility index (Phi) is 5.34. The van der Waals surface area contributed by atoms with E-state index in [9.17, 15) is 14.4 Å². The Morgan fingerprint density at radius 1 is 1.29 bits per heavy atom. The predicted molar refractivity (Wildman–Crippen MR) is 87.5 cm³/mol. The molecule has 1 aliphatic heterocycles. The summed E-state index contributed by atoms with van der Waals surface area (Å²) in [5.74, 6) is -1.14. The third-order valence-corrected chi connectivity index (χ3v) is 5.30. The van der Waals surface area contributed by atoms with Crippen LogP contribution < -0.4 is 10.6 Å². The first-order chi connectivity index (χ1) is 11.2. The second-order valence-electron chi connectivity index (χ2n) is 5.96. The van der Waals surface area contributed by atoms with Crippen molar-refractivity contribution in [3.63, 3.8) is 0 Å². The minimum Gasteiger partial charge on any atom is -0.463 e. The summed E-state index contributed by atoms with van der Waals surface area (Å²) >= 11 is 11.9. The first-order valence-corrected chi connectivity index (χ1v) is 8.44. The van der Waals surface area contributed by atoms with Crippen LogP contribution in [0.1, 0.15) is 33.6 Å². The van der Waals surface area contributed by atoms with Crippen LogP contribution in [0.25, 0.3) is 0 Å². The second kappa shape index (κ2) is 6.80. The van der Waals surface area contributed by atoms with Crippen molar-refractivity contribution in [2.45, 2.75) is 44.0 Å². The molecule has 0 aromatic rings. The van der Waals surface area contributed by atoms with E-state index in [2.05, 4.69) is 10.6 Å². The van der Waals surface area contributed by atoms with Gasteiger partial charge in [-0.1, -0.05) is 6.92 Å². The monoisotopic (exact) mass is 378 g/mol. The Balaban J connectivity index is 2.17. The van der Waals surface area contributed by atoms with Crippen LogP contribution in [0, 0.1) is 5.41 Å². The molecular weight excluding hydrogens is 359 g/mol. The zero-order chi connectivity index (χ0) is 18.1. The number of nitrogens with one attached hydrogen (secondary N) is 2. The summed E-state index contributed by atoms with van der Waals surface area (Å²) in [6, 6.07) is -0.981. The van der Waals surface area contributed by atoms with Gasteiger partial charge < -0.3 is 20.1 Å². The lowest BCUT2D eigenvalue weighted by atomic mass is 10.0. The van der Waals surface area contributed by atoms with E-state index in [1.807, 2.05) is 6.92 Å². The molecule has 1 saturated carbocycles. The summed E-state index contributed by atoms with van der Waals surface area (Å²) in [6.07, 6.45) is 0.778. The van der Waals surface area contributed by atoms with Crippen molar-refractivity contribution in [1.82, 2.24) is 10.6 Å². The quantitative estimate of drug-likeness (QED) is 0.544. The summed E-state index contributed by atoms with van der Waals surface area (Å²) in [6.45, 7) is 5.03. The normalized spacial score (nSPS) is 27.9. The van der Waals surface area contributed by atoms with Crippen LogP contribution in [-0.2, 0) is 19.1 Å². The summed E-state index contributed by atoms with van der Waals surface area (Å²) in [4.78, 5) is 36.1. The van der Waals surface area contributed by atoms with Crippen LogP contribution in [0.3, 0.4) is 0 Å². The molecule has 0 spiro atoms. The van der Waals surface area contributed by atoms with E-state index >= 15 is 0 Å². The van der Waals surface area contributed by atoms with Crippen LogP contribution in [0.2, 0.25) is 0 Å². The summed E-state index contributed by atoms with van der Waals surface area (Å²) in [5.41, 5.74) is -0.533. The van der Waals surface area contributed by atoms with E-state index in [1.54, 1.807) is 13.8 Å². The van der Waals surface area contributed by atoms with Gasteiger partial charge in [-0.25, -0.2) is 9.59 Å². The maximum absolute atomic E-state index is 12.2. The molecule has 2 aliphatic rings. The first-order valence-electron chi connectivity index (χ1n) is 7.69. The van der Waals surface area contributed by atoms with Crippen LogP contribution in [0.15, 0.2) is 11.3 Å². The molecule has 9 heteroatoms. The Hall–Kier alpha value is -1.47. The van der Waals surface area contributed by atoms with E-state index < -0.39 is 33.8 Å². The van der Waals surface area contributed by atoms with Gasteiger partial charge >= 0.3 is 18.0 Å². The smallest absolute Gasteiger partial charge is 0.338 e. The number of alkyl halides is 2. The molecule has 2 amide bonds. The molecule has 1 aliphatic carbocycles. The lowest BCUT2D eigenvalue weighted by molar-refractivity contribution is -0.149. The average Bonchev–Trinajstić information content (AvgIpc) is 3.03. The van der Waals surface area contributed by atoms with Gasteiger partial charge in [0.05, 0.1) is 23.9 Å². The van der Waals surface area contributed by atoms with E-state index in [-0.39, 0.29) is 30.9 Å². The van der Waals surface area contributed by atoms with E-state index in [1.165, 1.54) is 0 Å². The van der Waals surface area contributed by atoms with Crippen molar-refractivity contribution >= 4 is 41.2 Å². The predicted octanol–water partition coefficient (Wildman–Crippen LogP) is 2.02. The van der Waals surface area contributed by atoms with Gasteiger partial charge in [-0.2, -0.15) is 0 Å². The minimum absolute atomic E-state index is 0.193. The van der Waals surface area contributed by atoms with Gasteiger partial charge in [0.1, 0.15) is 16.4 Å². The van der Waals surface area contributed by atoms with Crippen molar-refractivity contribution in [2.24, 2.45) is 5.41 Å². The molecule has 0 radical (unpaired) electrons. The number of ether oxygens (including phenoxy) is 2. The van der Waals surface area contributed by atoms with Gasteiger partial charge in [-0.15, -0.1) is 23.2 Å². The molecule has 2 rings (SSSR count). The van der Waals surface area contributed by atoms with Gasteiger partial charge in [-0.05, 0) is 20.3 Å². The van der Waals surface area contributed by atoms with E-state index in [4.69, 9.17) is 32.7 Å². The second-order valence-corrected chi connectivity index (χ2v) is 7.45. The van der Waals surface area contributed by atoms with Crippen molar-refractivity contribution in [3.8, 4) is 0 Å². The minimum atomic E-state index is -1.15. The number of rotatable bonds is 6. The van der Waals surface area contributed by atoms with Crippen molar-refractivity contribution in [2.75, 3.05) is 13.2 Å². The van der Waals surface area contributed by atoms with Crippen LogP contribution >= 0.6 is 23.2 Å². The number of hydrogen-bond acceptors (Lipinski definition) is 5. The molecule has 24 heavy (non-hydrogen) atoms. The van der Waals surface area contributed by atoms with Gasteiger partial charge in [0.2, 0.25) is 0 Å². The largest absolute Gasteiger partial charge is 0.463 e. The topological polar surface area (TPSA) is 93.7 Å². The molecule has 1 fully saturated rings. The highest BCUT2D eigenvalue weighted by molar-refractivity contribution is 6.53. The number of amides is 2. The molecule has 7 nitrogen and oxygen atoms in total. The van der Waals surface area contributed by atoms with Crippen molar-refractivity contribution in [1.29, 1.82) is 0 Å². The van der Waals surface area contributed by atoms with E-state index in [0.29, 0.717) is 6.42 Å². The Morgan fingerprint density at radius 3 is 2.42 bits per heavy atom. The fourth-order valence-corrected chi connectivity index (χ4v) is 3.18. The Labute approximate surface area is 150 Å². The number of halogens is 2. The Morgan fingerprint density at radius 2 is 1.92 bits per heavy atom. The third kappa shape index (κ3) is 3.47. The van der Waals surface area contributed by atoms with Crippen LogP contribution in [0.4, 0.5) is 4.79 Å². The highest BCUT2D eigenvalue weighted by Gasteiger charge is 2.69. The summed E-state index contributed by atoms with van der Waals surface area (Å²) in [5, 5.41) is 5.14. The standard InChI is InChI=1S/C15H20Cl2N2O5/c1-4-8-10(11(20)23-5-2)9(19-13(22)18-8)6-24-12(21)14(3)7-15(14,16)17/h8H,4-7H2,1-3H3,(H2,18,19,22)/t8-,14+/m1/s1. The van der Waals surface area contributed by atoms with Gasteiger partial charge in [0.15, 0.2) is 0 Å². The zero-order valence-corrected chi connectivity index (χ0v) is 15.2. The summed E-state index contributed by atoms with van der Waals surface area (Å²) < 4.78 is 9.11. The fourth-order valence-electron chi connectivity index (χ4n) is 2.49. The number of carbonyl (C=O) groups excluding carboxylic acids is 3. The maximum Gasteiger partial charge on any atom is 0.338 e. The molecule has 2 N–H and O–H groups in total. The first kappa shape index (κ1) is 18.9. The third-order valence-electron chi connectivity index (χ3n) is 4.20. The van der Waals surface area contributed by atoms with Crippen molar-refractivity contribution < 1.29 is 23.9 Å². The number of urea groups is 1. The van der Waals surface area contributed by atoms with Crippen LogP contribution in [0.5, 0.6) is 0 Å². The molecule has 0 aromatic heterocycles. The lowest BCUT2D eigenvalue weighted by Gasteiger charge is -2.28. The summed E-state index contributed by atoms with van der Waals surface area (Å²) in [7, 11) is 0. The molecule has 1 heterocycles. The Bertz CT molecular complexity index is 605. The maximum atomic E-state index is 12.2. The number of esters is 2. The number of hydrogen-bond donors (Lipinski definition) is 2. The highest BCUT2D eigenvalue weighted by atomic mass is 35.5. The molecule has 0 bridgehead atoms.